The third kappa shape index (κ3) is 3.95. The molecule has 1 aromatic carbocycles. The number of alkyl halides is 3. The van der Waals surface area contributed by atoms with Crippen molar-refractivity contribution in [2.24, 2.45) is 0 Å². The Bertz CT molecular complexity index is 671. The summed E-state index contributed by atoms with van der Waals surface area (Å²) in [6.45, 7) is 2.41. The van der Waals surface area contributed by atoms with E-state index in [4.69, 9.17) is 5.26 Å². The number of thiazole rings is 1. The van der Waals surface area contributed by atoms with Crippen molar-refractivity contribution in [3.63, 3.8) is 0 Å². The highest BCUT2D eigenvalue weighted by molar-refractivity contribution is 7.09. The van der Waals surface area contributed by atoms with E-state index in [1.54, 1.807) is 17.4 Å². The highest BCUT2D eigenvalue weighted by Crippen LogP contribution is 2.31. The van der Waals surface area contributed by atoms with E-state index in [9.17, 15) is 13.2 Å². The van der Waals surface area contributed by atoms with Crippen molar-refractivity contribution in [1.29, 1.82) is 5.26 Å². The van der Waals surface area contributed by atoms with Crippen molar-refractivity contribution in [2.75, 3.05) is 11.9 Å². The maximum atomic E-state index is 12.6. The molecule has 0 fully saturated rings. The molecule has 1 aromatic heterocycles. The van der Waals surface area contributed by atoms with Crippen LogP contribution in [0.15, 0.2) is 23.6 Å². The van der Waals surface area contributed by atoms with Gasteiger partial charge in [-0.05, 0) is 25.1 Å². The number of rotatable bonds is 4. The van der Waals surface area contributed by atoms with E-state index in [-0.39, 0.29) is 5.56 Å². The molecule has 1 heterocycles. The summed E-state index contributed by atoms with van der Waals surface area (Å²) in [4.78, 5) is 4.30. The molecule has 0 radical (unpaired) electrons. The van der Waals surface area contributed by atoms with Gasteiger partial charge in [-0.15, -0.1) is 11.3 Å². The molecular formula is C14H12F3N3S. The predicted octanol–water partition coefficient (Wildman–Crippen LogP) is 4.00. The highest BCUT2D eigenvalue weighted by atomic mass is 32.1. The molecule has 0 bridgehead atoms. The quantitative estimate of drug-likeness (QED) is 0.928. The van der Waals surface area contributed by atoms with Gasteiger partial charge < -0.3 is 5.32 Å². The topological polar surface area (TPSA) is 48.7 Å². The van der Waals surface area contributed by atoms with Crippen LogP contribution in [0.4, 0.5) is 18.9 Å². The standard InChI is InChI=1S/C14H12F3N3S/c1-9-20-12(8-21-9)4-5-19-13-3-2-11(14(15,16)17)6-10(13)7-18/h2-3,6,8,19H,4-5H2,1H3. The van der Waals surface area contributed by atoms with Crippen LogP contribution in [0.5, 0.6) is 0 Å². The summed E-state index contributed by atoms with van der Waals surface area (Å²) in [5, 5.41) is 14.8. The predicted molar refractivity (Wildman–Crippen MR) is 75.2 cm³/mol. The number of halogens is 3. The first-order valence-electron chi connectivity index (χ1n) is 6.16. The Balaban J connectivity index is 2.05. The summed E-state index contributed by atoms with van der Waals surface area (Å²) in [5.41, 5.74) is 0.492. The van der Waals surface area contributed by atoms with E-state index >= 15 is 0 Å². The van der Waals surface area contributed by atoms with Crippen LogP contribution < -0.4 is 5.32 Å². The summed E-state index contributed by atoms with van der Waals surface area (Å²) >= 11 is 1.55. The van der Waals surface area contributed by atoms with Crippen molar-refractivity contribution < 1.29 is 13.2 Å². The molecule has 0 spiro atoms. The fourth-order valence-electron chi connectivity index (χ4n) is 1.82. The van der Waals surface area contributed by atoms with Gasteiger partial charge >= 0.3 is 6.18 Å². The Hall–Kier alpha value is -2.07. The Morgan fingerprint density at radius 3 is 2.71 bits per heavy atom. The second-order valence-corrected chi connectivity index (χ2v) is 5.47. The number of aromatic nitrogens is 1. The van der Waals surface area contributed by atoms with E-state index in [0.717, 1.165) is 22.8 Å². The lowest BCUT2D eigenvalue weighted by Gasteiger charge is -2.11. The summed E-state index contributed by atoms with van der Waals surface area (Å²) < 4.78 is 37.7. The molecule has 0 aliphatic carbocycles. The van der Waals surface area contributed by atoms with E-state index in [1.807, 2.05) is 12.3 Å². The summed E-state index contributed by atoms with van der Waals surface area (Å²) in [6.07, 6.45) is -3.79. The molecule has 0 saturated carbocycles. The first kappa shape index (κ1) is 15.3. The Labute approximate surface area is 124 Å². The number of nitriles is 1. The van der Waals surface area contributed by atoms with Crippen LogP contribution in [-0.4, -0.2) is 11.5 Å². The highest BCUT2D eigenvalue weighted by Gasteiger charge is 2.31. The maximum absolute atomic E-state index is 12.6. The summed E-state index contributed by atoms with van der Waals surface area (Å²) in [5.74, 6) is 0. The molecule has 0 atom stereocenters. The van der Waals surface area contributed by atoms with E-state index in [2.05, 4.69) is 10.3 Å². The number of benzene rings is 1. The third-order valence-electron chi connectivity index (χ3n) is 2.83. The molecule has 110 valence electrons. The summed E-state index contributed by atoms with van der Waals surface area (Å²) in [7, 11) is 0. The Kier molecular flexibility index (Phi) is 4.48. The number of aryl methyl sites for hydroxylation is 1. The minimum Gasteiger partial charge on any atom is -0.384 e. The van der Waals surface area contributed by atoms with Gasteiger partial charge in [-0.2, -0.15) is 18.4 Å². The number of hydrogen-bond acceptors (Lipinski definition) is 4. The number of hydrogen-bond donors (Lipinski definition) is 1. The SMILES string of the molecule is Cc1nc(CCNc2ccc(C(F)(F)F)cc2C#N)cs1. The number of nitrogens with one attached hydrogen (secondary N) is 1. The smallest absolute Gasteiger partial charge is 0.384 e. The lowest BCUT2D eigenvalue weighted by atomic mass is 10.1. The average Bonchev–Trinajstić information content (AvgIpc) is 2.83. The van der Waals surface area contributed by atoms with E-state index < -0.39 is 11.7 Å². The first-order chi connectivity index (χ1) is 9.90. The van der Waals surface area contributed by atoms with Crippen LogP contribution in [0.3, 0.4) is 0 Å². The number of anilines is 1. The van der Waals surface area contributed by atoms with Crippen molar-refractivity contribution in [3.05, 3.63) is 45.4 Å². The number of nitrogens with zero attached hydrogens (tertiary/aromatic N) is 2. The van der Waals surface area contributed by atoms with Crippen molar-refractivity contribution >= 4 is 17.0 Å². The Morgan fingerprint density at radius 1 is 1.38 bits per heavy atom. The molecule has 2 rings (SSSR count). The lowest BCUT2D eigenvalue weighted by molar-refractivity contribution is -0.137. The van der Waals surface area contributed by atoms with Crippen molar-refractivity contribution in [3.8, 4) is 6.07 Å². The fraction of sp³-hybridized carbons (Fsp3) is 0.286. The molecule has 21 heavy (non-hydrogen) atoms. The molecule has 0 amide bonds. The minimum atomic E-state index is -4.44. The normalized spacial score (nSPS) is 11.2. The van der Waals surface area contributed by atoms with Gasteiger partial charge in [0.05, 0.1) is 27.5 Å². The van der Waals surface area contributed by atoms with Crippen LogP contribution in [0.1, 0.15) is 21.8 Å². The van der Waals surface area contributed by atoms with Crippen LogP contribution >= 0.6 is 11.3 Å². The van der Waals surface area contributed by atoms with Gasteiger partial charge in [0.25, 0.3) is 0 Å². The molecule has 7 heteroatoms. The molecule has 0 saturated heterocycles. The fourth-order valence-corrected chi connectivity index (χ4v) is 2.46. The van der Waals surface area contributed by atoms with Gasteiger partial charge in [0, 0.05) is 18.3 Å². The van der Waals surface area contributed by atoms with E-state index in [1.165, 1.54) is 6.07 Å². The second kappa shape index (κ2) is 6.14. The molecule has 0 aliphatic rings. The van der Waals surface area contributed by atoms with Crippen LogP contribution in [0.2, 0.25) is 0 Å². The van der Waals surface area contributed by atoms with Gasteiger partial charge in [-0.3, -0.25) is 0 Å². The van der Waals surface area contributed by atoms with Crippen molar-refractivity contribution in [2.45, 2.75) is 19.5 Å². The molecular weight excluding hydrogens is 299 g/mol. The lowest BCUT2D eigenvalue weighted by Crippen LogP contribution is -2.09. The zero-order valence-corrected chi connectivity index (χ0v) is 12.0. The van der Waals surface area contributed by atoms with Crippen molar-refractivity contribution in [1.82, 2.24) is 4.98 Å². The molecule has 3 nitrogen and oxygen atoms in total. The van der Waals surface area contributed by atoms with Gasteiger partial charge in [-0.25, -0.2) is 4.98 Å². The van der Waals surface area contributed by atoms with Gasteiger partial charge in [0.2, 0.25) is 0 Å². The minimum absolute atomic E-state index is 0.0146. The van der Waals surface area contributed by atoms with Crippen LogP contribution in [-0.2, 0) is 12.6 Å². The monoisotopic (exact) mass is 311 g/mol. The molecule has 0 unspecified atom stereocenters. The third-order valence-corrected chi connectivity index (χ3v) is 3.65. The van der Waals surface area contributed by atoms with Gasteiger partial charge in [-0.1, -0.05) is 0 Å². The molecule has 1 N–H and O–H groups in total. The van der Waals surface area contributed by atoms with Gasteiger partial charge in [0.15, 0.2) is 0 Å². The van der Waals surface area contributed by atoms with Crippen LogP contribution in [0, 0.1) is 18.3 Å². The molecule has 0 aliphatic heterocycles. The largest absolute Gasteiger partial charge is 0.416 e. The maximum Gasteiger partial charge on any atom is 0.416 e. The molecule has 2 aromatic rings. The zero-order valence-electron chi connectivity index (χ0n) is 11.2. The van der Waals surface area contributed by atoms with Crippen LogP contribution in [0.25, 0.3) is 0 Å². The van der Waals surface area contributed by atoms with Gasteiger partial charge in [0.1, 0.15) is 6.07 Å². The first-order valence-corrected chi connectivity index (χ1v) is 7.04. The van der Waals surface area contributed by atoms with E-state index in [0.29, 0.717) is 18.7 Å². The second-order valence-electron chi connectivity index (χ2n) is 4.40. The average molecular weight is 311 g/mol. The Morgan fingerprint density at radius 2 is 2.14 bits per heavy atom. The summed E-state index contributed by atoms with van der Waals surface area (Å²) in [6, 6.07) is 4.90. The zero-order chi connectivity index (χ0) is 15.5.